The van der Waals surface area contributed by atoms with Crippen LogP contribution in [0.3, 0.4) is 0 Å². The molecule has 2 aromatic carbocycles. The molecule has 0 fully saturated rings. The maximum atomic E-state index is 13.1. The number of carbonyl (C=O) groups excluding carboxylic acids is 3. The molecular weight excluding hydrogens is 410 g/mol. The fourth-order valence-electron chi connectivity index (χ4n) is 2.58. The van der Waals surface area contributed by atoms with Gasteiger partial charge in [0.2, 0.25) is 5.91 Å². The van der Waals surface area contributed by atoms with E-state index in [0.717, 1.165) is 23.3 Å². The van der Waals surface area contributed by atoms with Crippen LogP contribution in [0.1, 0.15) is 30.9 Å². The minimum Gasteiger partial charge on any atom is -0.482 e. The standard InChI is InChI=1S/C22H24F2N2O5/c1-13(2)16-6-4-14(3)8-19(16)30-12-22(29)31-11-21(28)25-10-20(27)26-15-5-7-17(23)18(24)9-15/h4-9,13H,10-12H2,1-3H3,(H,25,28)(H,26,27). The van der Waals surface area contributed by atoms with Gasteiger partial charge in [0.25, 0.3) is 5.91 Å². The van der Waals surface area contributed by atoms with E-state index in [0.29, 0.717) is 5.75 Å². The summed E-state index contributed by atoms with van der Waals surface area (Å²) in [6, 6.07) is 8.56. The summed E-state index contributed by atoms with van der Waals surface area (Å²) < 4.78 is 36.4. The predicted octanol–water partition coefficient (Wildman–Crippen LogP) is 3.07. The summed E-state index contributed by atoms with van der Waals surface area (Å²) in [5.74, 6) is -3.47. The fourth-order valence-corrected chi connectivity index (χ4v) is 2.58. The Hall–Kier alpha value is -3.49. The van der Waals surface area contributed by atoms with Gasteiger partial charge in [-0.05, 0) is 42.2 Å². The third-order valence-electron chi connectivity index (χ3n) is 4.15. The van der Waals surface area contributed by atoms with E-state index in [4.69, 9.17) is 9.47 Å². The number of hydrogen-bond donors (Lipinski definition) is 2. The minimum absolute atomic E-state index is 0.0404. The Labute approximate surface area is 178 Å². The van der Waals surface area contributed by atoms with Crippen LogP contribution < -0.4 is 15.4 Å². The van der Waals surface area contributed by atoms with Crippen LogP contribution in [0.25, 0.3) is 0 Å². The molecular formula is C22H24F2N2O5. The molecule has 2 amide bonds. The van der Waals surface area contributed by atoms with E-state index in [2.05, 4.69) is 10.6 Å². The van der Waals surface area contributed by atoms with Crippen molar-refractivity contribution in [3.8, 4) is 5.75 Å². The van der Waals surface area contributed by atoms with E-state index in [1.807, 2.05) is 39.0 Å². The second kappa shape index (κ2) is 11.1. The first-order valence-corrected chi connectivity index (χ1v) is 9.56. The Morgan fingerprint density at radius 1 is 0.968 bits per heavy atom. The van der Waals surface area contributed by atoms with Crippen molar-refractivity contribution in [1.82, 2.24) is 5.32 Å². The molecule has 166 valence electrons. The third kappa shape index (κ3) is 7.69. The number of amides is 2. The molecule has 0 saturated heterocycles. The van der Waals surface area contributed by atoms with E-state index in [9.17, 15) is 23.2 Å². The Morgan fingerprint density at radius 3 is 2.39 bits per heavy atom. The molecule has 0 radical (unpaired) electrons. The highest BCUT2D eigenvalue weighted by Gasteiger charge is 2.13. The van der Waals surface area contributed by atoms with Crippen LogP contribution in [0, 0.1) is 18.6 Å². The molecule has 0 atom stereocenters. The number of anilines is 1. The second-order valence-electron chi connectivity index (χ2n) is 7.10. The largest absolute Gasteiger partial charge is 0.482 e. The zero-order chi connectivity index (χ0) is 23.0. The van der Waals surface area contributed by atoms with Gasteiger partial charge in [0, 0.05) is 11.8 Å². The highest BCUT2D eigenvalue weighted by Crippen LogP contribution is 2.27. The topological polar surface area (TPSA) is 93.7 Å². The van der Waals surface area contributed by atoms with Crippen LogP contribution in [-0.2, 0) is 19.1 Å². The predicted molar refractivity (Wildman–Crippen MR) is 110 cm³/mol. The lowest BCUT2D eigenvalue weighted by Crippen LogP contribution is -2.36. The van der Waals surface area contributed by atoms with Crippen molar-refractivity contribution in [3.63, 3.8) is 0 Å². The summed E-state index contributed by atoms with van der Waals surface area (Å²) in [5.41, 5.74) is 1.97. The normalized spacial score (nSPS) is 10.5. The molecule has 0 aliphatic carbocycles. The average molecular weight is 434 g/mol. The van der Waals surface area contributed by atoms with E-state index in [1.54, 1.807) is 0 Å². The maximum Gasteiger partial charge on any atom is 0.344 e. The van der Waals surface area contributed by atoms with Crippen molar-refractivity contribution < 1.29 is 32.6 Å². The number of esters is 1. The van der Waals surface area contributed by atoms with Crippen molar-refractivity contribution >= 4 is 23.5 Å². The molecule has 0 aromatic heterocycles. The van der Waals surface area contributed by atoms with Crippen molar-refractivity contribution in [2.24, 2.45) is 0 Å². The SMILES string of the molecule is Cc1ccc(C(C)C)c(OCC(=O)OCC(=O)NCC(=O)Nc2ccc(F)c(F)c2)c1. The molecule has 0 heterocycles. The van der Waals surface area contributed by atoms with Crippen LogP contribution in [0.5, 0.6) is 5.75 Å². The van der Waals surface area contributed by atoms with Crippen molar-refractivity contribution in [2.75, 3.05) is 25.1 Å². The molecule has 0 bridgehead atoms. The number of benzene rings is 2. The third-order valence-corrected chi connectivity index (χ3v) is 4.15. The number of aryl methyl sites for hydroxylation is 1. The van der Waals surface area contributed by atoms with Crippen molar-refractivity contribution in [1.29, 1.82) is 0 Å². The number of hydrogen-bond acceptors (Lipinski definition) is 5. The Kier molecular flexibility index (Phi) is 8.48. The number of ether oxygens (including phenoxy) is 2. The Morgan fingerprint density at radius 2 is 1.71 bits per heavy atom. The summed E-state index contributed by atoms with van der Waals surface area (Å²) in [4.78, 5) is 35.4. The molecule has 7 nitrogen and oxygen atoms in total. The van der Waals surface area contributed by atoms with E-state index < -0.39 is 42.6 Å². The van der Waals surface area contributed by atoms with Crippen LogP contribution in [-0.4, -0.2) is 37.5 Å². The maximum absolute atomic E-state index is 13.1. The van der Waals surface area contributed by atoms with Gasteiger partial charge in [-0.2, -0.15) is 0 Å². The lowest BCUT2D eigenvalue weighted by molar-refractivity contribution is -0.150. The Balaban J connectivity index is 1.72. The zero-order valence-electron chi connectivity index (χ0n) is 17.5. The van der Waals surface area contributed by atoms with E-state index in [1.165, 1.54) is 6.07 Å². The molecule has 9 heteroatoms. The highest BCUT2D eigenvalue weighted by molar-refractivity contribution is 5.94. The van der Waals surface area contributed by atoms with Gasteiger partial charge in [-0.3, -0.25) is 9.59 Å². The Bertz CT molecular complexity index is 963. The fraction of sp³-hybridized carbons (Fsp3) is 0.318. The van der Waals surface area contributed by atoms with Gasteiger partial charge in [0.15, 0.2) is 24.8 Å². The van der Waals surface area contributed by atoms with Gasteiger partial charge in [0.05, 0.1) is 6.54 Å². The summed E-state index contributed by atoms with van der Waals surface area (Å²) >= 11 is 0. The number of rotatable bonds is 9. The van der Waals surface area contributed by atoms with Gasteiger partial charge in [0.1, 0.15) is 5.75 Å². The smallest absolute Gasteiger partial charge is 0.344 e. The van der Waals surface area contributed by atoms with Crippen LogP contribution in [0.4, 0.5) is 14.5 Å². The van der Waals surface area contributed by atoms with Gasteiger partial charge in [-0.15, -0.1) is 0 Å². The first-order valence-electron chi connectivity index (χ1n) is 9.56. The van der Waals surface area contributed by atoms with Gasteiger partial charge in [-0.1, -0.05) is 26.0 Å². The first-order chi connectivity index (χ1) is 14.7. The van der Waals surface area contributed by atoms with Gasteiger partial charge < -0.3 is 20.1 Å². The average Bonchev–Trinajstić information content (AvgIpc) is 2.71. The van der Waals surface area contributed by atoms with Crippen molar-refractivity contribution in [3.05, 3.63) is 59.2 Å². The second-order valence-corrected chi connectivity index (χ2v) is 7.10. The number of nitrogens with one attached hydrogen (secondary N) is 2. The van der Waals surface area contributed by atoms with E-state index in [-0.39, 0.29) is 18.2 Å². The highest BCUT2D eigenvalue weighted by atomic mass is 19.2. The molecule has 0 unspecified atom stereocenters. The molecule has 31 heavy (non-hydrogen) atoms. The molecule has 0 aliphatic rings. The zero-order valence-corrected chi connectivity index (χ0v) is 17.5. The summed E-state index contributed by atoms with van der Waals surface area (Å²) in [6.45, 7) is 4.51. The summed E-state index contributed by atoms with van der Waals surface area (Å²) in [5, 5.41) is 4.55. The first kappa shape index (κ1) is 23.8. The molecule has 0 saturated carbocycles. The van der Waals surface area contributed by atoms with Crippen LogP contribution in [0.2, 0.25) is 0 Å². The summed E-state index contributed by atoms with van der Waals surface area (Å²) in [6.07, 6.45) is 0. The molecule has 2 aromatic rings. The monoisotopic (exact) mass is 434 g/mol. The lowest BCUT2D eigenvalue weighted by Gasteiger charge is -2.14. The van der Waals surface area contributed by atoms with Gasteiger partial charge >= 0.3 is 5.97 Å². The minimum atomic E-state index is -1.11. The number of carbonyl (C=O) groups is 3. The van der Waals surface area contributed by atoms with E-state index >= 15 is 0 Å². The molecule has 2 N–H and O–H groups in total. The van der Waals surface area contributed by atoms with Crippen LogP contribution in [0.15, 0.2) is 36.4 Å². The van der Waals surface area contributed by atoms with Crippen molar-refractivity contribution in [2.45, 2.75) is 26.7 Å². The molecule has 0 spiro atoms. The quantitative estimate of drug-likeness (QED) is 0.592. The lowest BCUT2D eigenvalue weighted by atomic mass is 10.0. The van der Waals surface area contributed by atoms with Gasteiger partial charge in [-0.25, -0.2) is 13.6 Å². The molecule has 0 aliphatic heterocycles. The summed E-state index contributed by atoms with van der Waals surface area (Å²) in [7, 11) is 0. The number of halogens is 2. The molecule has 2 rings (SSSR count). The van der Waals surface area contributed by atoms with Crippen LogP contribution >= 0.6 is 0 Å².